The molecule has 0 saturated carbocycles. The molecule has 1 saturated heterocycles. The van der Waals surface area contributed by atoms with Crippen molar-refractivity contribution in [3.63, 3.8) is 0 Å². The van der Waals surface area contributed by atoms with Gasteiger partial charge in [-0.1, -0.05) is 13.8 Å². The molecule has 1 rings (SSSR count). The van der Waals surface area contributed by atoms with Gasteiger partial charge in [-0.2, -0.15) is 0 Å². The molecule has 1 aliphatic heterocycles. The summed E-state index contributed by atoms with van der Waals surface area (Å²) in [5.74, 6) is 0. The van der Waals surface area contributed by atoms with Crippen molar-refractivity contribution >= 4 is 0 Å². The van der Waals surface area contributed by atoms with Crippen molar-refractivity contribution in [3.05, 3.63) is 0 Å². The summed E-state index contributed by atoms with van der Waals surface area (Å²) in [5.41, 5.74) is 0.321. The summed E-state index contributed by atoms with van der Waals surface area (Å²) in [6.07, 6.45) is 4.70. The molecule has 0 amide bonds. The van der Waals surface area contributed by atoms with Gasteiger partial charge in [0.15, 0.2) is 0 Å². The van der Waals surface area contributed by atoms with Gasteiger partial charge in [-0.25, -0.2) is 0 Å². The molecule has 0 aromatic rings. The minimum absolute atomic E-state index is 0.321. The third-order valence-corrected chi connectivity index (χ3v) is 3.28. The highest BCUT2D eigenvalue weighted by molar-refractivity contribution is 4.83. The molecular weight excluding hydrogens is 202 g/mol. The molecule has 0 radical (unpaired) electrons. The Morgan fingerprint density at radius 2 is 2.19 bits per heavy atom. The van der Waals surface area contributed by atoms with Crippen LogP contribution in [0.15, 0.2) is 0 Å². The lowest BCUT2D eigenvalue weighted by Gasteiger charge is -2.37. The summed E-state index contributed by atoms with van der Waals surface area (Å²) in [7, 11) is 0. The summed E-state index contributed by atoms with van der Waals surface area (Å²) < 4.78 is 11.3. The normalized spacial score (nSPS) is 25.9. The molecule has 1 heterocycles. The van der Waals surface area contributed by atoms with Crippen LogP contribution in [0.3, 0.4) is 0 Å². The van der Waals surface area contributed by atoms with E-state index in [-0.39, 0.29) is 0 Å². The molecule has 0 aromatic carbocycles. The highest BCUT2D eigenvalue weighted by atomic mass is 16.5. The lowest BCUT2D eigenvalue weighted by molar-refractivity contribution is -0.0268. The summed E-state index contributed by atoms with van der Waals surface area (Å²) >= 11 is 0. The maximum Gasteiger partial charge on any atom is 0.0535 e. The van der Waals surface area contributed by atoms with Gasteiger partial charge in [0.05, 0.1) is 6.61 Å². The molecule has 0 spiro atoms. The molecule has 3 heteroatoms. The number of rotatable bonds is 8. The van der Waals surface area contributed by atoms with Crippen molar-refractivity contribution in [2.24, 2.45) is 5.41 Å². The van der Waals surface area contributed by atoms with E-state index in [0.29, 0.717) is 5.41 Å². The van der Waals surface area contributed by atoms with E-state index in [9.17, 15) is 0 Å². The summed E-state index contributed by atoms with van der Waals surface area (Å²) in [4.78, 5) is 0. The Balaban J connectivity index is 2.30. The molecule has 1 aliphatic rings. The number of hydrogen-bond donors (Lipinski definition) is 1. The van der Waals surface area contributed by atoms with Gasteiger partial charge in [-0.05, 0) is 32.2 Å². The van der Waals surface area contributed by atoms with Gasteiger partial charge in [0.25, 0.3) is 0 Å². The SMILES string of the molecule is CCCOCCC1(CNCC)CCCOC1. The predicted octanol–water partition coefficient (Wildman–Crippen LogP) is 2.21. The van der Waals surface area contributed by atoms with Crippen molar-refractivity contribution < 1.29 is 9.47 Å². The first-order valence-electron chi connectivity index (χ1n) is 6.69. The summed E-state index contributed by atoms with van der Waals surface area (Å²) in [6, 6.07) is 0. The van der Waals surface area contributed by atoms with E-state index in [1.165, 1.54) is 12.8 Å². The van der Waals surface area contributed by atoms with Crippen LogP contribution in [-0.2, 0) is 9.47 Å². The van der Waals surface area contributed by atoms with Crippen LogP contribution in [0.25, 0.3) is 0 Å². The van der Waals surface area contributed by atoms with E-state index in [4.69, 9.17) is 9.47 Å². The standard InChI is InChI=1S/C13H27NO2/c1-3-8-15-10-7-13(11-14-4-2)6-5-9-16-12-13/h14H,3-12H2,1-2H3. The van der Waals surface area contributed by atoms with Crippen LogP contribution in [0.2, 0.25) is 0 Å². The van der Waals surface area contributed by atoms with Crippen LogP contribution in [0.4, 0.5) is 0 Å². The second kappa shape index (κ2) is 8.04. The van der Waals surface area contributed by atoms with E-state index in [0.717, 1.165) is 52.4 Å². The van der Waals surface area contributed by atoms with Gasteiger partial charge in [0.2, 0.25) is 0 Å². The smallest absolute Gasteiger partial charge is 0.0535 e. The Labute approximate surface area is 99.9 Å². The molecule has 0 bridgehead atoms. The van der Waals surface area contributed by atoms with E-state index in [2.05, 4.69) is 19.2 Å². The zero-order chi connectivity index (χ0) is 11.7. The monoisotopic (exact) mass is 229 g/mol. The second-order valence-corrected chi connectivity index (χ2v) is 4.80. The number of hydrogen-bond acceptors (Lipinski definition) is 3. The molecule has 1 fully saturated rings. The lowest BCUT2D eigenvalue weighted by Crippen LogP contribution is -2.41. The molecule has 1 unspecified atom stereocenters. The fourth-order valence-electron chi connectivity index (χ4n) is 2.26. The van der Waals surface area contributed by atoms with Gasteiger partial charge in [0, 0.05) is 31.8 Å². The Morgan fingerprint density at radius 3 is 2.81 bits per heavy atom. The molecule has 16 heavy (non-hydrogen) atoms. The van der Waals surface area contributed by atoms with Gasteiger partial charge >= 0.3 is 0 Å². The van der Waals surface area contributed by atoms with Crippen LogP contribution in [0.5, 0.6) is 0 Å². The van der Waals surface area contributed by atoms with Crippen LogP contribution in [0, 0.1) is 5.41 Å². The Morgan fingerprint density at radius 1 is 1.31 bits per heavy atom. The Hall–Kier alpha value is -0.120. The number of ether oxygens (including phenoxy) is 2. The Kier molecular flexibility index (Phi) is 7.01. The second-order valence-electron chi connectivity index (χ2n) is 4.80. The maximum absolute atomic E-state index is 5.64. The van der Waals surface area contributed by atoms with Gasteiger partial charge < -0.3 is 14.8 Å². The summed E-state index contributed by atoms with van der Waals surface area (Å²) in [6.45, 7) is 10.0. The zero-order valence-electron chi connectivity index (χ0n) is 10.9. The Bertz CT molecular complexity index is 167. The molecule has 1 atom stereocenters. The lowest BCUT2D eigenvalue weighted by atomic mass is 9.79. The fraction of sp³-hybridized carbons (Fsp3) is 1.00. The van der Waals surface area contributed by atoms with E-state index in [1.54, 1.807) is 0 Å². The third-order valence-electron chi connectivity index (χ3n) is 3.28. The molecule has 96 valence electrons. The fourth-order valence-corrected chi connectivity index (χ4v) is 2.26. The molecule has 1 N–H and O–H groups in total. The first-order chi connectivity index (χ1) is 7.83. The average molecular weight is 229 g/mol. The van der Waals surface area contributed by atoms with Gasteiger partial charge in [0.1, 0.15) is 0 Å². The summed E-state index contributed by atoms with van der Waals surface area (Å²) in [5, 5.41) is 3.46. The largest absolute Gasteiger partial charge is 0.381 e. The zero-order valence-corrected chi connectivity index (χ0v) is 10.9. The molecular formula is C13H27NO2. The van der Waals surface area contributed by atoms with Gasteiger partial charge in [-0.3, -0.25) is 0 Å². The van der Waals surface area contributed by atoms with Crippen molar-refractivity contribution in [1.29, 1.82) is 0 Å². The average Bonchev–Trinajstić information content (AvgIpc) is 2.34. The number of nitrogens with one attached hydrogen (secondary N) is 1. The third kappa shape index (κ3) is 4.81. The minimum Gasteiger partial charge on any atom is -0.381 e. The molecule has 0 aliphatic carbocycles. The minimum atomic E-state index is 0.321. The van der Waals surface area contributed by atoms with Crippen molar-refractivity contribution in [1.82, 2.24) is 5.32 Å². The molecule has 0 aromatic heterocycles. The van der Waals surface area contributed by atoms with E-state index < -0.39 is 0 Å². The van der Waals surface area contributed by atoms with Crippen molar-refractivity contribution in [3.8, 4) is 0 Å². The van der Waals surface area contributed by atoms with E-state index in [1.807, 2.05) is 0 Å². The molecule has 3 nitrogen and oxygen atoms in total. The highest BCUT2D eigenvalue weighted by Crippen LogP contribution is 2.31. The quantitative estimate of drug-likeness (QED) is 0.647. The van der Waals surface area contributed by atoms with Gasteiger partial charge in [-0.15, -0.1) is 0 Å². The highest BCUT2D eigenvalue weighted by Gasteiger charge is 2.32. The maximum atomic E-state index is 5.64. The topological polar surface area (TPSA) is 30.5 Å². The van der Waals surface area contributed by atoms with Crippen LogP contribution >= 0.6 is 0 Å². The van der Waals surface area contributed by atoms with Crippen LogP contribution < -0.4 is 5.32 Å². The van der Waals surface area contributed by atoms with Crippen molar-refractivity contribution in [2.75, 3.05) is 39.5 Å². The van der Waals surface area contributed by atoms with E-state index >= 15 is 0 Å². The van der Waals surface area contributed by atoms with Crippen LogP contribution in [-0.4, -0.2) is 39.5 Å². The first-order valence-corrected chi connectivity index (χ1v) is 6.69. The first kappa shape index (κ1) is 13.9. The predicted molar refractivity (Wildman–Crippen MR) is 66.8 cm³/mol. The van der Waals surface area contributed by atoms with Crippen molar-refractivity contribution in [2.45, 2.75) is 39.5 Å². The van der Waals surface area contributed by atoms with Crippen LogP contribution in [0.1, 0.15) is 39.5 Å².